The van der Waals surface area contributed by atoms with Crippen LogP contribution in [0, 0.1) is 13.8 Å². The summed E-state index contributed by atoms with van der Waals surface area (Å²) in [6.45, 7) is 8.62. The van der Waals surface area contributed by atoms with E-state index in [1.165, 1.54) is 24.4 Å². The number of fused-ring (bicyclic) bond motifs is 2. The van der Waals surface area contributed by atoms with Crippen LogP contribution >= 0.6 is 0 Å². The number of aromatic nitrogens is 9. The molecule has 0 saturated carbocycles. The molecule has 1 aromatic carbocycles. The van der Waals surface area contributed by atoms with Gasteiger partial charge in [0, 0.05) is 43.9 Å². The highest BCUT2D eigenvalue weighted by atomic mass is 32.2. The van der Waals surface area contributed by atoms with Crippen molar-refractivity contribution in [1.29, 1.82) is 0 Å². The molecule has 310 valence electrons. The van der Waals surface area contributed by atoms with Gasteiger partial charge in [0.25, 0.3) is 15.8 Å². The second kappa shape index (κ2) is 17.4. The lowest BCUT2D eigenvalue weighted by molar-refractivity contribution is -0.748. The molecule has 0 aliphatic rings. The minimum absolute atomic E-state index is 0.0182. The minimum Gasteiger partial charge on any atom is -0.491 e. The predicted molar refractivity (Wildman–Crippen MR) is 214 cm³/mol. The molecule has 0 unspecified atom stereocenters. The normalized spacial score (nSPS) is 11.9. The Morgan fingerprint density at radius 1 is 0.932 bits per heavy atom. The monoisotopic (exact) mass is 829 g/mol. The van der Waals surface area contributed by atoms with Crippen LogP contribution in [0.3, 0.4) is 0 Å². The van der Waals surface area contributed by atoms with Gasteiger partial charge >= 0.3 is 5.91 Å². The Kier molecular flexibility index (Phi) is 12.4. The molecule has 0 aliphatic carbocycles. The van der Waals surface area contributed by atoms with Crippen LogP contribution in [0.5, 0.6) is 5.75 Å². The van der Waals surface area contributed by atoms with Gasteiger partial charge in [-0.2, -0.15) is 18.6 Å². The van der Waals surface area contributed by atoms with Gasteiger partial charge in [-0.1, -0.05) is 12.2 Å². The lowest BCUT2D eigenvalue weighted by atomic mass is 10.1. The van der Waals surface area contributed by atoms with E-state index in [1.54, 1.807) is 43.6 Å². The zero-order chi connectivity index (χ0) is 42.6. The van der Waals surface area contributed by atoms with Crippen LogP contribution in [0.25, 0.3) is 22.2 Å². The molecule has 20 nitrogen and oxygen atoms in total. The number of H-pyrrole nitrogens is 1. The van der Waals surface area contributed by atoms with Crippen molar-refractivity contribution in [2.24, 2.45) is 11.5 Å². The van der Waals surface area contributed by atoms with Gasteiger partial charge in [0.1, 0.15) is 28.3 Å². The van der Waals surface area contributed by atoms with Crippen LogP contribution in [0.1, 0.15) is 79.2 Å². The minimum atomic E-state index is -3.66. The number of Topliss-reactive ketones (excluding diaryl/α,β-unsaturated/α-hetero) is 1. The topological polar surface area (TPSA) is 271 Å². The number of hydrogen-bond donors (Lipinski definition) is 4. The van der Waals surface area contributed by atoms with Crippen molar-refractivity contribution in [3.63, 3.8) is 0 Å². The second-order valence-electron chi connectivity index (χ2n) is 13.6. The summed E-state index contributed by atoms with van der Waals surface area (Å²) in [6, 6.07) is 7.91. The van der Waals surface area contributed by atoms with E-state index >= 15 is 0 Å². The lowest BCUT2D eigenvalue weighted by Gasteiger charge is -2.13. The summed E-state index contributed by atoms with van der Waals surface area (Å²) in [7, 11) is -3.66. The third kappa shape index (κ3) is 9.53. The fraction of sp³-hybridized carbons (Fsp3) is 0.342. The maximum absolute atomic E-state index is 13.8. The number of aryl methyl sites for hydroxylation is 4. The molecule has 59 heavy (non-hydrogen) atoms. The Labute approximate surface area is 338 Å². The molecule has 5 aromatic heterocycles. The third-order valence-corrected chi connectivity index (χ3v) is 9.76. The number of carbonyl (C=O) groups is 4. The van der Waals surface area contributed by atoms with E-state index in [1.807, 2.05) is 26.8 Å². The number of primary amides is 2. The van der Waals surface area contributed by atoms with Crippen molar-refractivity contribution in [1.82, 2.24) is 39.0 Å². The number of carbonyl (C=O) groups excluding carboxylic acids is 4. The number of hydrogen-bond acceptors (Lipinski definition) is 12. The Balaban J connectivity index is 1.37. The SMILES string of the molecule is CCn1nc(C)cc1C(=O)Cc1nc2cc(C(N)=O)cc(OCCCOS(C)(=O)=O)c2n1C/C=C/Cn1c(NC(=O)c2cc(C)[nH][n+]2CC)nc2cc(C(N)=O)cnc21. The molecule has 0 spiro atoms. The van der Waals surface area contributed by atoms with Gasteiger partial charge in [-0.15, -0.1) is 4.68 Å². The molecule has 0 radical (unpaired) electrons. The predicted octanol–water partition coefficient (Wildman–Crippen LogP) is 2.13. The van der Waals surface area contributed by atoms with Crippen LogP contribution in [-0.2, 0) is 46.9 Å². The fourth-order valence-electron chi connectivity index (χ4n) is 6.52. The number of imidazole rings is 2. The molecular weight excluding hydrogens is 785 g/mol. The van der Waals surface area contributed by atoms with Crippen molar-refractivity contribution in [2.75, 3.05) is 24.8 Å². The largest absolute Gasteiger partial charge is 0.491 e. The quantitative estimate of drug-likeness (QED) is 0.0301. The number of anilines is 1. The number of rotatable bonds is 19. The van der Waals surface area contributed by atoms with Crippen LogP contribution < -0.4 is 26.2 Å². The Bertz CT molecular complexity index is 2740. The summed E-state index contributed by atoms with van der Waals surface area (Å²) >= 11 is 0. The molecule has 0 bridgehead atoms. The highest BCUT2D eigenvalue weighted by molar-refractivity contribution is 7.85. The molecule has 0 fully saturated rings. The first-order valence-electron chi connectivity index (χ1n) is 18.7. The molecule has 21 heteroatoms. The zero-order valence-corrected chi connectivity index (χ0v) is 34.0. The second-order valence-corrected chi connectivity index (χ2v) is 15.3. The van der Waals surface area contributed by atoms with E-state index in [0.717, 1.165) is 11.9 Å². The average molecular weight is 830 g/mol. The number of nitrogens with two attached hydrogens (primary N) is 2. The van der Waals surface area contributed by atoms with Crippen LogP contribution in [0.2, 0.25) is 0 Å². The Morgan fingerprint density at radius 2 is 1.64 bits per heavy atom. The molecule has 6 aromatic rings. The van der Waals surface area contributed by atoms with Gasteiger partial charge in [-0.3, -0.25) is 37.9 Å². The molecule has 0 saturated heterocycles. The Hall–Kier alpha value is -6.74. The molecule has 5 heterocycles. The summed E-state index contributed by atoms with van der Waals surface area (Å²) in [5.74, 6) is -1.31. The number of pyridine rings is 1. The van der Waals surface area contributed by atoms with Crippen molar-refractivity contribution < 1.29 is 41.2 Å². The van der Waals surface area contributed by atoms with Gasteiger partial charge in [0.05, 0.1) is 48.4 Å². The van der Waals surface area contributed by atoms with Gasteiger partial charge in [0.2, 0.25) is 17.8 Å². The van der Waals surface area contributed by atoms with E-state index < -0.39 is 27.8 Å². The molecule has 6 N–H and O–H groups in total. The summed E-state index contributed by atoms with van der Waals surface area (Å²) in [5, 5.41) is 10.4. The average Bonchev–Trinajstić information content (AvgIpc) is 3.94. The van der Waals surface area contributed by atoms with Crippen molar-refractivity contribution >= 4 is 61.8 Å². The van der Waals surface area contributed by atoms with E-state index in [9.17, 15) is 27.6 Å². The highest BCUT2D eigenvalue weighted by Crippen LogP contribution is 2.30. The zero-order valence-electron chi connectivity index (χ0n) is 33.2. The first kappa shape index (κ1) is 41.9. The Morgan fingerprint density at radius 3 is 2.32 bits per heavy atom. The van der Waals surface area contributed by atoms with Crippen molar-refractivity contribution in [3.05, 3.63) is 88.4 Å². The first-order chi connectivity index (χ1) is 28.1. The van der Waals surface area contributed by atoms with Gasteiger partial charge in [-0.05, 0) is 52.0 Å². The number of nitrogens with one attached hydrogen (secondary N) is 2. The summed E-state index contributed by atoms with van der Waals surface area (Å²) in [4.78, 5) is 65.4. The number of benzene rings is 1. The number of ketones is 1. The number of ether oxygens (including phenoxy) is 1. The molecule has 6 rings (SSSR count). The maximum atomic E-state index is 13.8. The fourth-order valence-corrected chi connectivity index (χ4v) is 6.94. The molecular formula is C38H45N12O8S+. The number of amides is 3. The van der Waals surface area contributed by atoms with E-state index in [0.29, 0.717) is 58.2 Å². The van der Waals surface area contributed by atoms with Crippen LogP contribution in [0.4, 0.5) is 5.95 Å². The van der Waals surface area contributed by atoms with Crippen molar-refractivity contribution in [3.8, 4) is 5.75 Å². The lowest BCUT2D eigenvalue weighted by Crippen LogP contribution is -2.41. The smallest absolute Gasteiger partial charge is 0.325 e. The van der Waals surface area contributed by atoms with E-state index in [4.69, 9.17) is 25.4 Å². The third-order valence-electron chi connectivity index (χ3n) is 9.16. The van der Waals surface area contributed by atoms with Crippen LogP contribution in [-0.4, -0.2) is 90.4 Å². The van der Waals surface area contributed by atoms with E-state index in [2.05, 4.69) is 25.5 Å². The standard InChI is InChI=1S/C38H44N12O8S/c1-6-49-28(15-22(3)45-49)30(51)20-32-42-26-17-24(34(39)52)19-31(57-13-10-14-58-59(5,55)56)33(26)47(32)11-8-9-12-48-36-27(18-25(21-41-36)35(40)53)43-38(48)44-37(54)29-16-23(4)46-50(29)7-2/h8-9,15-19,21H,6-7,10-14,20H2,1-5H3,(H5,39,40,43,44,52,53,54)/p+1/b9-8+. The summed E-state index contributed by atoms with van der Waals surface area (Å²) in [5.41, 5.74) is 15.2. The van der Waals surface area contributed by atoms with Gasteiger partial charge in [-0.25, -0.2) is 15.0 Å². The maximum Gasteiger partial charge on any atom is 0.325 e. The van der Waals surface area contributed by atoms with Gasteiger partial charge < -0.3 is 20.8 Å². The van der Waals surface area contributed by atoms with E-state index in [-0.39, 0.29) is 67.8 Å². The molecule has 0 aliphatic heterocycles. The van der Waals surface area contributed by atoms with Crippen molar-refractivity contribution in [2.45, 2.75) is 66.7 Å². The summed E-state index contributed by atoms with van der Waals surface area (Å²) in [6.07, 6.45) is 5.97. The number of allylic oxidation sites excluding steroid dienone is 2. The number of aromatic amines is 1. The molecule has 0 atom stereocenters. The van der Waals surface area contributed by atoms with Gasteiger partial charge in [0.15, 0.2) is 18.0 Å². The molecule has 3 amide bonds. The first-order valence-corrected chi connectivity index (χ1v) is 20.5. The number of nitrogens with zero attached hydrogens (tertiary/aromatic N) is 8. The summed E-state index contributed by atoms with van der Waals surface area (Å²) < 4.78 is 40.7. The highest BCUT2D eigenvalue weighted by Gasteiger charge is 2.25. The van der Waals surface area contributed by atoms with Crippen LogP contribution in [0.15, 0.2) is 48.7 Å².